The molecule has 1 aliphatic carbocycles. The van der Waals surface area contributed by atoms with E-state index in [9.17, 15) is 0 Å². The summed E-state index contributed by atoms with van der Waals surface area (Å²) in [6.45, 7) is 7.30. The lowest BCUT2D eigenvalue weighted by Crippen LogP contribution is -2.15. The molecule has 1 N–H and O–H groups in total. The number of benzene rings is 2. The molecule has 0 aliphatic heterocycles. The van der Waals surface area contributed by atoms with Crippen molar-refractivity contribution in [3.8, 4) is 11.5 Å². The van der Waals surface area contributed by atoms with Gasteiger partial charge < -0.3 is 10.1 Å². The first-order chi connectivity index (χ1) is 10.1. The Morgan fingerprint density at radius 2 is 1.81 bits per heavy atom. The number of hydrogen-bond acceptors (Lipinski definition) is 2. The van der Waals surface area contributed by atoms with Crippen LogP contribution in [0.25, 0.3) is 0 Å². The third-order valence-electron chi connectivity index (χ3n) is 4.03. The Morgan fingerprint density at radius 1 is 1.00 bits per heavy atom. The van der Waals surface area contributed by atoms with E-state index in [-0.39, 0.29) is 0 Å². The van der Waals surface area contributed by atoms with Gasteiger partial charge in [-0.25, -0.2) is 0 Å². The van der Waals surface area contributed by atoms with Crippen molar-refractivity contribution in [2.24, 2.45) is 0 Å². The first-order valence-electron chi connectivity index (χ1n) is 7.70. The summed E-state index contributed by atoms with van der Waals surface area (Å²) in [6, 6.07) is 13.4. The van der Waals surface area contributed by atoms with E-state index in [1.807, 2.05) is 6.07 Å². The van der Waals surface area contributed by atoms with Crippen molar-refractivity contribution in [3.63, 3.8) is 0 Å². The van der Waals surface area contributed by atoms with E-state index in [0.29, 0.717) is 0 Å². The summed E-state index contributed by atoms with van der Waals surface area (Å²) in [4.78, 5) is 0. The lowest BCUT2D eigenvalue weighted by atomic mass is 10.1. The second kappa shape index (κ2) is 5.90. The predicted octanol–water partition coefficient (Wildman–Crippen LogP) is 4.66. The number of hydrogen-bond donors (Lipinski definition) is 1. The molecule has 1 aliphatic rings. The Labute approximate surface area is 127 Å². The van der Waals surface area contributed by atoms with Gasteiger partial charge in [-0.15, -0.1) is 0 Å². The molecule has 2 aromatic carbocycles. The number of ether oxygens (including phenoxy) is 1. The number of nitrogens with one attached hydrogen (secondary N) is 1. The molecule has 1 fully saturated rings. The molecule has 1 saturated carbocycles. The second-order valence-electron chi connectivity index (χ2n) is 6.11. The molecular formula is C19H23NO. The molecule has 2 nitrogen and oxygen atoms in total. The van der Waals surface area contributed by atoms with E-state index in [0.717, 1.165) is 24.1 Å². The topological polar surface area (TPSA) is 21.3 Å². The van der Waals surface area contributed by atoms with Gasteiger partial charge in [-0.05, 0) is 68.5 Å². The first kappa shape index (κ1) is 14.2. The maximum atomic E-state index is 6.02. The van der Waals surface area contributed by atoms with Crippen LogP contribution in [0.3, 0.4) is 0 Å². The summed E-state index contributed by atoms with van der Waals surface area (Å²) in [7, 11) is 0. The minimum Gasteiger partial charge on any atom is -0.457 e. The van der Waals surface area contributed by atoms with Crippen molar-refractivity contribution in [3.05, 3.63) is 58.7 Å². The van der Waals surface area contributed by atoms with Crippen LogP contribution in [0.2, 0.25) is 0 Å². The van der Waals surface area contributed by atoms with Crippen LogP contribution in [0.5, 0.6) is 11.5 Å². The SMILES string of the molecule is Cc1ccc(Oc2ccc(CNC3CC3)c(C)c2)c(C)c1. The van der Waals surface area contributed by atoms with Crippen LogP contribution in [-0.4, -0.2) is 6.04 Å². The summed E-state index contributed by atoms with van der Waals surface area (Å²) >= 11 is 0. The van der Waals surface area contributed by atoms with Crippen LogP contribution >= 0.6 is 0 Å². The molecule has 0 amide bonds. The molecule has 0 bridgehead atoms. The Hall–Kier alpha value is -1.80. The summed E-state index contributed by atoms with van der Waals surface area (Å²) in [6.07, 6.45) is 2.65. The summed E-state index contributed by atoms with van der Waals surface area (Å²) in [5.41, 5.74) is 5.07. The predicted molar refractivity (Wildman–Crippen MR) is 87.0 cm³/mol. The molecule has 0 heterocycles. The van der Waals surface area contributed by atoms with Gasteiger partial charge in [0.05, 0.1) is 0 Å². The fourth-order valence-corrected chi connectivity index (χ4v) is 2.51. The number of rotatable bonds is 5. The van der Waals surface area contributed by atoms with Crippen molar-refractivity contribution < 1.29 is 4.74 Å². The lowest BCUT2D eigenvalue weighted by Gasteiger charge is -2.12. The fraction of sp³-hybridized carbons (Fsp3) is 0.368. The third-order valence-corrected chi connectivity index (χ3v) is 4.03. The Morgan fingerprint density at radius 3 is 2.48 bits per heavy atom. The van der Waals surface area contributed by atoms with Crippen molar-refractivity contribution in [1.82, 2.24) is 5.32 Å². The largest absolute Gasteiger partial charge is 0.457 e. The standard InChI is InChI=1S/C19H23NO/c1-13-4-9-19(15(3)10-13)21-18-8-5-16(14(2)11-18)12-20-17-6-7-17/h4-5,8-11,17,20H,6-7,12H2,1-3H3. The minimum atomic E-state index is 0.746. The van der Waals surface area contributed by atoms with E-state index >= 15 is 0 Å². The van der Waals surface area contributed by atoms with Gasteiger partial charge in [0, 0.05) is 12.6 Å². The van der Waals surface area contributed by atoms with Crippen molar-refractivity contribution in [1.29, 1.82) is 0 Å². The van der Waals surface area contributed by atoms with E-state index in [2.05, 4.69) is 56.4 Å². The molecule has 110 valence electrons. The molecular weight excluding hydrogens is 258 g/mol. The van der Waals surface area contributed by atoms with E-state index in [1.54, 1.807) is 0 Å². The van der Waals surface area contributed by atoms with Gasteiger partial charge >= 0.3 is 0 Å². The van der Waals surface area contributed by atoms with Crippen molar-refractivity contribution in [2.45, 2.75) is 46.2 Å². The van der Waals surface area contributed by atoms with Gasteiger partial charge in [0.2, 0.25) is 0 Å². The molecule has 2 aromatic rings. The van der Waals surface area contributed by atoms with Gasteiger partial charge in [-0.2, -0.15) is 0 Å². The van der Waals surface area contributed by atoms with Crippen LogP contribution in [0, 0.1) is 20.8 Å². The smallest absolute Gasteiger partial charge is 0.130 e. The molecule has 3 rings (SSSR count). The second-order valence-corrected chi connectivity index (χ2v) is 6.11. The molecule has 0 spiro atoms. The van der Waals surface area contributed by atoms with Crippen LogP contribution in [-0.2, 0) is 6.54 Å². The quantitative estimate of drug-likeness (QED) is 0.861. The third kappa shape index (κ3) is 3.64. The normalized spacial score (nSPS) is 14.2. The average molecular weight is 281 g/mol. The zero-order valence-corrected chi connectivity index (χ0v) is 13.1. The summed E-state index contributed by atoms with van der Waals surface area (Å²) in [5.74, 6) is 1.85. The lowest BCUT2D eigenvalue weighted by molar-refractivity contribution is 0.478. The van der Waals surface area contributed by atoms with Crippen LogP contribution in [0.15, 0.2) is 36.4 Å². The van der Waals surface area contributed by atoms with Gasteiger partial charge in [0.15, 0.2) is 0 Å². The molecule has 0 aromatic heterocycles. The van der Waals surface area contributed by atoms with Crippen molar-refractivity contribution in [2.75, 3.05) is 0 Å². The van der Waals surface area contributed by atoms with E-state index < -0.39 is 0 Å². The van der Waals surface area contributed by atoms with Gasteiger partial charge in [0.25, 0.3) is 0 Å². The summed E-state index contributed by atoms with van der Waals surface area (Å²) < 4.78 is 6.02. The van der Waals surface area contributed by atoms with Crippen molar-refractivity contribution >= 4 is 0 Å². The maximum Gasteiger partial charge on any atom is 0.130 e. The average Bonchev–Trinajstić information content (AvgIpc) is 3.25. The minimum absolute atomic E-state index is 0.746. The van der Waals surface area contributed by atoms with Gasteiger partial charge in [-0.1, -0.05) is 23.8 Å². The van der Waals surface area contributed by atoms with Crippen LogP contribution in [0.4, 0.5) is 0 Å². The van der Waals surface area contributed by atoms with Crippen LogP contribution < -0.4 is 10.1 Å². The highest BCUT2D eigenvalue weighted by Crippen LogP contribution is 2.27. The Balaban J connectivity index is 1.71. The van der Waals surface area contributed by atoms with Gasteiger partial charge in [0.1, 0.15) is 11.5 Å². The number of aryl methyl sites for hydroxylation is 3. The fourth-order valence-electron chi connectivity index (χ4n) is 2.51. The first-order valence-corrected chi connectivity index (χ1v) is 7.70. The monoisotopic (exact) mass is 281 g/mol. The molecule has 0 unspecified atom stereocenters. The Bertz CT molecular complexity index is 644. The molecule has 21 heavy (non-hydrogen) atoms. The van der Waals surface area contributed by atoms with E-state index in [1.165, 1.54) is 35.1 Å². The molecule has 0 atom stereocenters. The Kier molecular flexibility index (Phi) is 3.98. The van der Waals surface area contributed by atoms with E-state index in [4.69, 9.17) is 4.74 Å². The zero-order valence-electron chi connectivity index (χ0n) is 13.1. The highest BCUT2D eigenvalue weighted by Gasteiger charge is 2.20. The molecule has 0 saturated heterocycles. The maximum absolute atomic E-state index is 6.02. The van der Waals surface area contributed by atoms with Crippen LogP contribution in [0.1, 0.15) is 35.1 Å². The highest BCUT2D eigenvalue weighted by atomic mass is 16.5. The molecule has 0 radical (unpaired) electrons. The molecule has 2 heteroatoms. The summed E-state index contributed by atoms with van der Waals surface area (Å²) in [5, 5.41) is 3.56. The zero-order chi connectivity index (χ0) is 14.8. The van der Waals surface area contributed by atoms with Gasteiger partial charge in [-0.3, -0.25) is 0 Å². The highest BCUT2D eigenvalue weighted by molar-refractivity contribution is 5.41.